The lowest BCUT2D eigenvalue weighted by molar-refractivity contribution is 0.416. The van der Waals surface area contributed by atoms with Gasteiger partial charge in [-0.3, -0.25) is 0 Å². The minimum absolute atomic E-state index is 0.0227. The Kier molecular flexibility index (Phi) is 6.29. The van der Waals surface area contributed by atoms with Crippen LogP contribution in [0.1, 0.15) is 0 Å². The third kappa shape index (κ3) is 4.36. The first-order valence-electron chi connectivity index (χ1n) is 10.3. The number of halogens is 3. The number of sulfonamides is 1. The van der Waals surface area contributed by atoms with Crippen molar-refractivity contribution in [2.45, 2.75) is 4.90 Å². The van der Waals surface area contributed by atoms with Crippen LogP contribution in [0.15, 0.2) is 77.3 Å². The molecule has 0 atom stereocenters. The molecule has 0 unspecified atom stereocenters. The molecule has 0 bridgehead atoms. The third-order valence-corrected chi connectivity index (χ3v) is 7.93. The minimum atomic E-state index is -4.24. The summed E-state index contributed by atoms with van der Waals surface area (Å²) in [5, 5.41) is 10.6. The number of methoxy groups -OCH3 is 1. The van der Waals surface area contributed by atoms with E-state index in [2.05, 4.69) is 14.6 Å². The van der Waals surface area contributed by atoms with Crippen molar-refractivity contribution in [3.8, 4) is 16.9 Å². The number of hydrogen-bond acceptors (Lipinski definition) is 7. The highest BCUT2D eigenvalue weighted by Gasteiger charge is 2.32. The average Bonchev–Trinajstić information content (AvgIpc) is 3.37. The zero-order valence-corrected chi connectivity index (χ0v) is 20.8. The summed E-state index contributed by atoms with van der Waals surface area (Å²) >= 11 is 7.59. The number of fused-ring (bicyclic) bond motifs is 1. The largest absolute Gasteiger partial charge is 0.495 e. The molecule has 7 nitrogen and oxygen atoms in total. The zero-order chi connectivity index (χ0) is 25.4. The maximum absolute atomic E-state index is 14.0. The highest BCUT2D eigenvalue weighted by molar-refractivity contribution is 7.93. The van der Waals surface area contributed by atoms with Gasteiger partial charge in [0.2, 0.25) is 0 Å². The van der Waals surface area contributed by atoms with Gasteiger partial charge in [0.25, 0.3) is 10.0 Å². The lowest BCUT2D eigenvalue weighted by atomic mass is 10.0. The molecule has 0 spiro atoms. The number of nitrogens with zero attached hydrogens (tertiary/aromatic N) is 4. The highest BCUT2D eigenvalue weighted by Crippen LogP contribution is 2.44. The van der Waals surface area contributed by atoms with Crippen molar-refractivity contribution in [1.82, 2.24) is 14.6 Å². The van der Waals surface area contributed by atoms with Crippen LogP contribution in [0, 0.1) is 11.6 Å². The molecule has 0 aliphatic rings. The minimum Gasteiger partial charge on any atom is -0.495 e. The molecule has 2 aromatic heterocycles. The Balaban J connectivity index is 1.71. The first-order valence-corrected chi connectivity index (χ1v) is 12.9. The van der Waals surface area contributed by atoms with Gasteiger partial charge in [0.15, 0.2) is 5.82 Å². The summed E-state index contributed by atoms with van der Waals surface area (Å²) in [4.78, 5) is -0.0227. The van der Waals surface area contributed by atoms with Crippen LogP contribution < -0.4 is 9.04 Å². The number of ether oxygens (including phenoxy) is 1. The Bertz CT molecular complexity index is 1680. The summed E-state index contributed by atoms with van der Waals surface area (Å²) in [6, 6.07) is 11.9. The van der Waals surface area contributed by atoms with Crippen LogP contribution in [0.25, 0.3) is 21.9 Å². The van der Waals surface area contributed by atoms with Crippen molar-refractivity contribution < 1.29 is 21.9 Å². The molecular formula is C24H15ClF2N4O3S2. The standard InChI is InChI=1S/C24H15ClF2N4O3S2/c1-34-23-10-20(15-6-17(26)9-18(27)7-15)21(25)11-22(23)31(24-4-5-35-30-24)36(32,33)19-3-2-14-12-28-29-13-16(14)8-19/h2-13H,1H3. The van der Waals surface area contributed by atoms with E-state index in [1.54, 1.807) is 11.4 Å². The van der Waals surface area contributed by atoms with Crippen molar-refractivity contribution in [2.24, 2.45) is 0 Å². The third-order valence-electron chi connectivity index (χ3n) is 5.35. The second-order valence-electron chi connectivity index (χ2n) is 7.57. The fraction of sp³-hybridized carbons (Fsp3) is 0.0417. The van der Waals surface area contributed by atoms with E-state index >= 15 is 0 Å². The van der Waals surface area contributed by atoms with Gasteiger partial charge in [-0.2, -0.15) is 14.6 Å². The molecule has 5 aromatic rings. The van der Waals surface area contributed by atoms with Crippen molar-refractivity contribution in [1.29, 1.82) is 0 Å². The molecule has 0 aliphatic heterocycles. The topological polar surface area (TPSA) is 85.3 Å². The maximum Gasteiger partial charge on any atom is 0.270 e. The smallest absolute Gasteiger partial charge is 0.270 e. The van der Waals surface area contributed by atoms with Crippen LogP contribution in [-0.2, 0) is 10.0 Å². The average molecular weight is 545 g/mol. The molecular weight excluding hydrogens is 530 g/mol. The Morgan fingerprint density at radius 3 is 2.33 bits per heavy atom. The molecule has 0 amide bonds. The van der Waals surface area contributed by atoms with Gasteiger partial charge in [0.1, 0.15) is 23.1 Å². The van der Waals surface area contributed by atoms with Crippen molar-refractivity contribution >= 4 is 55.4 Å². The van der Waals surface area contributed by atoms with Gasteiger partial charge in [0.05, 0.1) is 29.4 Å². The van der Waals surface area contributed by atoms with E-state index in [0.29, 0.717) is 5.39 Å². The molecule has 0 aliphatic carbocycles. The first-order chi connectivity index (χ1) is 17.3. The molecule has 12 heteroatoms. The fourth-order valence-electron chi connectivity index (χ4n) is 3.72. The number of aromatic nitrogens is 3. The maximum atomic E-state index is 14.0. The molecule has 0 saturated heterocycles. The van der Waals surface area contributed by atoms with Gasteiger partial charge in [0, 0.05) is 27.8 Å². The SMILES string of the molecule is COc1cc(-c2cc(F)cc(F)c2)c(Cl)cc1N(c1ccsn1)S(=O)(=O)c1ccc2cnncc2c1. The van der Waals surface area contributed by atoms with Gasteiger partial charge in [-0.1, -0.05) is 17.7 Å². The van der Waals surface area contributed by atoms with Crippen LogP contribution in [-0.4, -0.2) is 30.1 Å². The molecule has 182 valence electrons. The lowest BCUT2D eigenvalue weighted by Gasteiger charge is -2.25. The van der Waals surface area contributed by atoms with E-state index in [1.807, 2.05) is 0 Å². The van der Waals surface area contributed by atoms with E-state index in [0.717, 1.165) is 39.4 Å². The van der Waals surface area contributed by atoms with Crippen molar-refractivity contribution in [3.05, 3.63) is 89.0 Å². The van der Waals surface area contributed by atoms with Crippen LogP contribution in [0.2, 0.25) is 5.02 Å². The first kappa shape index (κ1) is 24.0. The molecule has 0 fully saturated rings. The van der Waals surface area contributed by atoms with Crippen LogP contribution in [0.3, 0.4) is 0 Å². The predicted octanol–water partition coefficient (Wildman–Crippen LogP) is 6.22. The van der Waals surface area contributed by atoms with E-state index in [1.165, 1.54) is 49.8 Å². The quantitative estimate of drug-likeness (QED) is 0.252. The molecule has 0 radical (unpaired) electrons. The van der Waals surface area contributed by atoms with Gasteiger partial charge in [-0.25, -0.2) is 21.5 Å². The second kappa shape index (κ2) is 9.41. The van der Waals surface area contributed by atoms with Gasteiger partial charge in [-0.15, -0.1) is 0 Å². The van der Waals surface area contributed by atoms with Crippen LogP contribution >= 0.6 is 23.1 Å². The summed E-state index contributed by atoms with van der Waals surface area (Å²) in [6.45, 7) is 0. The second-order valence-corrected chi connectivity index (χ2v) is 10.4. The number of anilines is 2. The van der Waals surface area contributed by atoms with Gasteiger partial charge < -0.3 is 4.74 Å². The summed E-state index contributed by atoms with van der Waals surface area (Å²) in [5.74, 6) is -1.34. The lowest BCUT2D eigenvalue weighted by Crippen LogP contribution is -2.27. The van der Waals surface area contributed by atoms with Crippen LogP contribution in [0.4, 0.5) is 20.3 Å². The number of hydrogen-bond donors (Lipinski definition) is 0. The van der Waals surface area contributed by atoms with Gasteiger partial charge in [-0.05, 0) is 59.6 Å². The normalized spacial score (nSPS) is 11.6. The monoisotopic (exact) mass is 544 g/mol. The molecule has 3 aromatic carbocycles. The predicted molar refractivity (Wildman–Crippen MR) is 134 cm³/mol. The highest BCUT2D eigenvalue weighted by atomic mass is 35.5. The zero-order valence-electron chi connectivity index (χ0n) is 18.4. The summed E-state index contributed by atoms with van der Waals surface area (Å²) in [5.41, 5.74) is 0.499. The molecule has 36 heavy (non-hydrogen) atoms. The van der Waals surface area contributed by atoms with E-state index < -0.39 is 21.7 Å². The molecule has 5 rings (SSSR count). The van der Waals surface area contributed by atoms with E-state index in [-0.39, 0.29) is 38.3 Å². The van der Waals surface area contributed by atoms with E-state index in [4.69, 9.17) is 16.3 Å². The Morgan fingerprint density at radius 2 is 1.67 bits per heavy atom. The van der Waals surface area contributed by atoms with Gasteiger partial charge >= 0.3 is 0 Å². The summed E-state index contributed by atoms with van der Waals surface area (Å²) in [7, 11) is -2.89. The van der Waals surface area contributed by atoms with Crippen molar-refractivity contribution in [2.75, 3.05) is 11.4 Å². The van der Waals surface area contributed by atoms with E-state index in [9.17, 15) is 17.2 Å². The summed E-state index contributed by atoms with van der Waals surface area (Å²) < 4.78 is 66.4. The number of benzene rings is 3. The molecule has 2 heterocycles. The Hall–Kier alpha value is -3.67. The Morgan fingerprint density at radius 1 is 0.944 bits per heavy atom. The summed E-state index contributed by atoms with van der Waals surface area (Å²) in [6.07, 6.45) is 2.99. The molecule has 0 N–H and O–H groups in total. The number of rotatable bonds is 6. The van der Waals surface area contributed by atoms with Crippen LogP contribution in [0.5, 0.6) is 5.75 Å². The molecule has 0 saturated carbocycles. The van der Waals surface area contributed by atoms with Crippen molar-refractivity contribution in [3.63, 3.8) is 0 Å². The Labute approximate surface area is 213 Å². The fourth-order valence-corrected chi connectivity index (χ4v) is 6.01.